The Bertz CT molecular complexity index is 641. The SMILES string of the molecule is Cc1cccc(CCN(C)c2ccc(C#N)cc2N)c1. The van der Waals surface area contributed by atoms with Crippen LogP contribution in [0.5, 0.6) is 0 Å². The van der Waals surface area contributed by atoms with Crippen molar-refractivity contribution in [1.29, 1.82) is 5.26 Å². The summed E-state index contributed by atoms with van der Waals surface area (Å²) >= 11 is 0. The average Bonchev–Trinajstić information content (AvgIpc) is 2.44. The van der Waals surface area contributed by atoms with Gasteiger partial charge in [0.1, 0.15) is 0 Å². The van der Waals surface area contributed by atoms with Crippen LogP contribution in [-0.2, 0) is 6.42 Å². The molecule has 2 N–H and O–H groups in total. The number of aryl methyl sites for hydroxylation is 1. The predicted molar refractivity (Wildman–Crippen MR) is 83.7 cm³/mol. The molecule has 0 unspecified atom stereocenters. The van der Waals surface area contributed by atoms with E-state index in [1.807, 2.05) is 13.1 Å². The monoisotopic (exact) mass is 265 g/mol. The maximum Gasteiger partial charge on any atom is 0.0992 e. The number of likely N-dealkylation sites (N-methyl/N-ethyl adjacent to an activating group) is 1. The number of nitrogen functional groups attached to an aromatic ring is 1. The van der Waals surface area contributed by atoms with Gasteiger partial charge in [0.25, 0.3) is 0 Å². The van der Waals surface area contributed by atoms with Crippen molar-refractivity contribution in [3.8, 4) is 6.07 Å². The van der Waals surface area contributed by atoms with Crippen molar-refractivity contribution < 1.29 is 0 Å². The van der Waals surface area contributed by atoms with Gasteiger partial charge in [-0.1, -0.05) is 29.8 Å². The minimum absolute atomic E-state index is 0.596. The summed E-state index contributed by atoms with van der Waals surface area (Å²) in [5.41, 5.74) is 10.8. The third-order valence-corrected chi connectivity index (χ3v) is 3.39. The van der Waals surface area contributed by atoms with Crippen LogP contribution in [0.4, 0.5) is 11.4 Å². The molecule has 0 amide bonds. The quantitative estimate of drug-likeness (QED) is 0.864. The van der Waals surface area contributed by atoms with Crippen LogP contribution >= 0.6 is 0 Å². The van der Waals surface area contributed by atoms with Gasteiger partial charge in [0, 0.05) is 13.6 Å². The summed E-state index contributed by atoms with van der Waals surface area (Å²) in [7, 11) is 2.02. The van der Waals surface area contributed by atoms with Crippen molar-refractivity contribution >= 4 is 11.4 Å². The molecule has 0 bridgehead atoms. The molecule has 0 aromatic heterocycles. The van der Waals surface area contributed by atoms with Crippen LogP contribution in [-0.4, -0.2) is 13.6 Å². The lowest BCUT2D eigenvalue weighted by Crippen LogP contribution is -2.21. The van der Waals surface area contributed by atoms with Crippen molar-refractivity contribution in [3.63, 3.8) is 0 Å². The summed E-state index contributed by atoms with van der Waals surface area (Å²) in [4.78, 5) is 2.12. The molecule has 0 aliphatic heterocycles. The van der Waals surface area contributed by atoms with Crippen molar-refractivity contribution in [2.75, 3.05) is 24.2 Å². The number of benzene rings is 2. The number of hydrogen-bond donors (Lipinski definition) is 1. The van der Waals surface area contributed by atoms with Crippen LogP contribution in [0.1, 0.15) is 16.7 Å². The Morgan fingerprint density at radius 3 is 2.65 bits per heavy atom. The van der Waals surface area contributed by atoms with Crippen molar-refractivity contribution in [1.82, 2.24) is 0 Å². The van der Waals surface area contributed by atoms with Gasteiger partial charge in [-0.15, -0.1) is 0 Å². The lowest BCUT2D eigenvalue weighted by Gasteiger charge is -2.21. The molecule has 0 radical (unpaired) electrons. The Morgan fingerprint density at radius 2 is 2.00 bits per heavy atom. The second-order valence-electron chi connectivity index (χ2n) is 5.05. The first kappa shape index (κ1) is 14.0. The highest BCUT2D eigenvalue weighted by molar-refractivity contribution is 5.69. The summed E-state index contributed by atoms with van der Waals surface area (Å²) in [5.74, 6) is 0. The number of rotatable bonds is 4. The van der Waals surface area contributed by atoms with E-state index in [1.165, 1.54) is 11.1 Å². The number of nitriles is 1. The van der Waals surface area contributed by atoms with E-state index < -0.39 is 0 Å². The van der Waals surface area contributed by atoms with Gasteiger partial charge in [-0.25, -0.2) is 0 Å². The van der Waals surface area contributed by atoms with E-state index in [4.69, 9.17) is 11.0 Å². The molecule has 0 heterocycles. The first-order chi connectivity index (χ1) is 9.60. The number of nitrogens with two attached hydrogens (primary N) is 1. The fourth-order valence-electron chi connectivity index (χ4n) is 2.26. The number of hydrogen-bond acceptors (Lipinski definition) is 3. The summed E-state index contributed by atoms with van der Waals surface area (Å²) in [6, 6.07) is 16.1. The zero-order valence-electron chi connectivity index (χ0n) is 11.9. The average molecular weight is 265 g/mol. The Hall–Kier alpha value is -2.47. The summed E-state index contributed by atoms with van der Waals surface area (Å²) < 4.78 is 0. The Kier molecular flexibility index (Phi) is 4.27. The molecule has 2 rings (SSSR count). The van der Waals surface area contributed by atoms with E-state index in [0.717, 1.165) is 18.7 Å². The van der Waals surface area contributed by atoms with E-state index in [0.29, 0.717) is 11.3 Å². The molecule has 0 saturated heterocycles. The molecule has 20 heavy (non-hydrogen) atoms. The number of anilines is 2. The zero-order chi connectivity index (χ0) is 14.5. The van der Waals surface area contributed by atoms with Gasteiger partial charge in [0.05, 0.1) is 23.0 Å². The predicted octanol–water partition coefficient (Wildman–Crippen LogP) is 3.13. The Morgan fingerprint density at radius 1 is 1.20 bits per heavy atom. The summed E-state index contributed by atoms with van der Waals surface area (Å²) in [6.07, 6.45) is 0.970. The van der Waals surface area contributed by atoms with Crippen molar-refractivity contribution in [2.45, 2.75) is 13.3 Å². The van der Waals surface area contributed by atoms with Gasteiger partial charge >= 0.3 is 0 Å². The van der Waals surface area contributed by atoms with Crippen LogP contribution in [0.2, 0.25) is 0 Å². The molecule has 0 atom stereocenters. The van der Waals surface area contributed by atoms with Gasteiger partial charge in [-0.3, -0.25) is 0 Å². The molecule has 0 spiro atoms. The second kappa shape index (κ2) is 6.12. The molecular weight excluding hydrogens is 246 g/mol. The maximum absolute atomic E-state index is 8.85. The summed E-state index contributed by atoms with van der Waals surface area (Å²) in [6.45, 7) is 2.99. The van der Waals surface area contributed by atoms with Gasteiger partial charge in [-0.2, -0.15) is 5.26 Å². The molecule has 3 nitrogen and oxygen atoms in total. The van der Waals surface area contributed by atoms with E-state index in [-0.39, 0.29) is 0 Å². The highest BCUT2D eigenvalue weighted by Gasteiger charge is 2.06. The minimum atomic E-state index is 0.596. The Balaban J connectivity index is 2.05. The van der Waals surface area contributed by atoms with E-state index in [2.05, 4.69) is 42.2 Å². The highest BCUT2D eigenvalue weighted by Crippen LogP contribution is 2.23. The largest absolute Gasteiger partial charge is 0.397 e. The molecule has 0 aliphatic carbocycles. The molecule has 2 aromatic rings. The lowest BCUT2D eigenvalue weighted by molar-refractivity contribution is 0.877. The smallest absolute Gasteiger partial charge is 0.0992 e. The first-order valence-corrected chi connectivity index (χ1v) is 6.66. The molecule has 2 aromatic carbocycles. The normalized spacial score (nSPS) is 10.1. The van der Waals surface area contributed by atoms with Crippen LogP contribution in [0.15, 0.2) is 42.5 Å². The van der Waals surface area contributed by atoms with Gasteiger partial charge in [0.15, 0.2) is 0 Å². The maximum atomic E-state index is 8.85. The zero-order valence-corrected chi connectivity index (χ0v) is 11.9. The lowest BCUT2D eigenvalue weighted by atomic mass is 10.1. The first-order valence-electron chi connectivity index (χ1n) is 6.66. The van der Waals surface area contributed by atoms with Crippen LogP contribution in [0.25, 0.3) is 0 Å². The highest BCUT2D eigenvalue weighted by atomic mass is 15.1. The van der Waals surface area contributed by atoms with Crippen LogP contribution in [0, 0.1) is 18.3 Å². The van der Waals surface area contributed by atoms with Gasteiger partial charge in [0.2, 0.25) is 0 Å². The molecular formula is C17H19N3. The molecule has 0 aliphatic rings. The molecule has 0 fully saturated rings. The van der Waals surface area contributed by atoms with Crippen LogP contribution in [0.3, 0.4) is 0 Å². The molecule has 0 saturated carbocycles. The fourth-order valence-corrected chi connectivity index (χ4v) is 2.26. The van der Waals surface area contributed by atoms with E-state index in [9.17, 15) is 0 Å². The summed E-state index contributed by atoms with van der Waals surface area (Å²) in [5, 5.41) is 8.85. The van der Waals surface area contributed by atoms with E-state index >= 15 is 0 Å². The fraction of sp³-hybridized carbons (Fsp3) is 0.235. The van der Waals surface area contributed by atoms with E-state index in [1.54, 1.807) is 12.1 Å². The minimum Gasteiger partial charge on any atom is -0.397 e. The van der Waals surface area contributed by atoms with Gasteiger partial charge in [-0.05, 0) is 37.1 Å². The van der Waals surface area contributed by atoms with Crippen LogP contribution < -0.4 is 10.6 Å². The Labute approximate surface area is 120 Å². The molecule has 102 valence electrons. The number of nitrogens with zero attached hydrogens (tertiary/aromatic N) is 2. The topological polar surface area (TPSA) is 53.0 Å². The van der Waals surface area contributed by atoms with Crippen molar-refractivity contribution in [3.05, 3.63) is 59.2 Å². The third-order valence-electron chi connectivity index (χ3n) is 3.39. The second-order valence-corrected chi connectivity index (χ2v) is 5.05. The van der Waals surface area contributed by atoms with Crippen molar-refractivity contribution in [2.24, 2.45) is 0 Å². The third kappa shape index (κ3) is 3.30. The van der Waals surface area contributed by atoms with Gasteiger partial charge < -0.3 is 10.6 Å². The molecule has 3 heteroatoms. The standard InChI is InChI=1S/C17H19N3/c1-13-4-3-5-14(10-13)8-9-20(2)17-7-6-15(12-18)11-16(17)19/h3-7,10-11H,8-9,19H2,1-2H3.